The number of carbonyl (C=O) groups excluding carboxylic acids is 1. The maximum Gasteiger partial charge on any atom is 0.241 e. The second-order valence-corrected chi connectivity index (χ2v) is 6.49. The summed E-state index contributed by atoms with van der Waals surface area (Å²) in [5.74, 6) is -0.102. The van der Waals surface area contributed by atoms with Crippen molar-refractivity contribution in [3.8, 4) is 6.07 Å². The van der Waals surface area contributed by atoms with E-state index in [1.807, 2.05) is 19.1 Å². The van der Waals surface area contributed by atoms with Crippen LogP contribution in [0.25, 0.3) is 0 Å². The van der Waals surface area contributed by atoms with E-state index >= 15 is 0 Å². The number of nitriles is 1. The predicted octanol–water partition coefficient (Wildman–Crippen LogP) is 4.39. The topological polar surface area (TPSA) is 64.9 Å². The van der Waals surface area contributed by atoms with Crippen LogP contribution in [0.2, 0.25) is 0 Å². The summed E-state index contributed by atoms with van der Waals surface area (Å²) in [4.78, 5) is 12.4. The molecule has 2 aromatic rings. The number of halogens is 1. The molecule has 4 nitrogen and oxygen atoms in total. The Balaban J connectivity index is 1.98. The fourth-order valence-electron chi connectivity index (χ4n) is 2.40. The van der Waals surface area contributed by atoms with Crippen molar-refractivity contribution in [3.05, 3.63) is 64.1 Å². The molecule has 5 heteroatoms. The zero-order chi connectivity index (χ0) is 17.5. The van der Waals surface area contributed by atoms with E-state index < -0.39 is 0 Å². The molecule has 0 spiro atoms. The molecular weight excluding hydrogens is 366 g/mol. The smallest absolute Gasteiger partial charge is 0.241 e. The van der Waals surface area contributed by atoms with Gasteiger partial charge >= 0.3 is 0 Å². The van der Waals surface area contributed by atoms with Gasteiger partial charge in [0, 0.05) is 16.2 Å². The molecule has 0 fully saturated rings. The van der Waals surface area contributed by atoms with Gasteiger partial charge in [0.2, 0.25) is 5.91 Å². The summed E-state index contributed by atoms with van der Waals surface area (Å²) in [6.07, 6.45) is 0.885. The predicted molar refractivity (Wildman–Crippen MR) is 99.6 cm³/mol. The molecule has 2 atom stereocenters. The third-order valence-corrected chi connectivity index (χ3v) is 4.34. The minimum absolute atomic E-state index is 0.102. The van der Waals surface area contributed by atoms with Crippen molar-refractivity contribution in [3.63, 3.8) is 0 Å². The first kappa shape index (κ1) is 18.2. The normalized spacial score (nSPS) is 12.9. The van der Waals surface area contributed by atoms with Crippen LogP contribution in [0.3, 0.4) is 0 Å². The Labute approximate surface area is 151 Å². The minimum Gasteiger partial charge on any atom is -0.325 e. The van der Waals surface area contributed by atoms with Gasteiger partial charge in [-0.05, 0) is 55.3 Å². The molecule has 0 saturated heterocycles. The lowest BCUT2D eigenvalue weighted by atomic mass is 10.0. The van der Waals surface area contributed by atoms with Gasteiger partial charge in [-0.1, -0.05) is 35.0 Å². The summed E-state index contributed by atoms with van der Waals surface area (Å²) in [5.41, 5.74) is 2.41. The van der Waals surface area contributed by atoms with E-state index in [0.717, 1.165) is 16.5 Å². The molecule has 0 radical (unpaired) electrons. The number of rotatable bonds is 6. The van der Waals surface area contributed by atoms with E-state index in [9.17, 15) is 4.79 Å². The Morgan fingerprint density at radius 1 is 1.17 bits per heavy atom. The Morgan fingerprint density at radius 2 is 1.79 bits per heavy atom. The van der Waals surface area contributed by atoms with Crippen molar-refractivity contribution in [1.82, 2.24) is 5.32 Å². The third-order valence-electron chi connectivity index (χ3n) is 3.81. The van der Waals surface area contributed by atoms with Crippen LogP contribution in [0.15, 0.2) is 53.0 Å². The van der Waals surface area contributed by atoms with Crippen molar-refractivity contribution >= 4 is 27.5 Å². The molecule has 0 aliphatic carbocycles. The molecule has 0 heterocycles. The number of benzene rings is 2. The standard InChI is InChI=1S/C19H20BrN3O/c1-3-18(15-6-8-16(20)9-7-15)22-13(2)19(24)23-17-10-4-14(12-21)5-11-17/h4-11,13,18,22H,3H2,1-2H3,(H,23,24)/t13-,18+/m0/s1. The van der Waals surface area contributed by atoms with Gasteiger partial charge < -0.3 is 5.32 Å². The summed E-state index contributed by atoms with van der Waals surface area (Å²) in [5, 5.41) is 15.0. The second kappa shape index (κ2) is 8.62. The Morgan fingerprint density at radius 3 is 2.33 bits per heavy atom. The molecule has 24 heavy (non-hydrogen) atoms. The Hall–Kier alpha value is -2.16. The lowest BCUT2D eigenvalue weighted by Crippen LogP contribution is -2.40. The van der Waals surface area contributed by atoms with Gasteiger partial charge in [0.05, 0.1) is 17.7 Å². The number of nitrogens with zero attached hydrogens (tertiary/aromatic N) is 1. The highest BCUT2D eigenvalue weighted by molar-refractivity contribution is 9.10. The van der Waals surface area contributed by atoms with E-state index in [2.05, 4.69) is 51.7 Å². The summed E-state index contributed by atoms with van der Waals surface area (Å²) in [6.45, 7) is 3.94. The Kier molecular flexibility index (Phi) is 6.53. The van der Waals surface area contributed by atoms with Crippen molar-refractivity contribution in [2.24, 2.45) is 0 Å². The van der Waals surface area contributed by atoms with Crippen LogP contribution in [0.1, 0.15) is 37.4 Å². The first-order chi connectivity index (χ1) is 11.5. The number of nitrogens with one attached hydrogen (secondary N) is 2. The van der Waals surface area contributed by atoms with Crippen LogP contribution in [0.4, 0.5) is 5.69 Å². The highest BCUT2D eigenvalue weighted by Crippen LogP contribution is 2.20. The molecule has 0 aliphatic heterocycles. The van der Waals surface area contributed by atoms with Crippen LogP contribution >= 0.6 is 15.9 Å². The monoisotopic (exact) mass is 385 g/mol. The number of amides is 1. The lowest BCUT2D eigenvalue weighted by molar-refractivity contribution is -0.118. The fourth-order valence-corrected chi connectivity index (χ4v) is 2.67. The molecule has 2 N–H and O–H groups in total. The summed E-state index contributed by atoms with van der Waals surface area (Å²) in [6, 6.07) is 16.8. The third kappa shape index (κ3) is 4.92. The van der Waals surface area contributed by atoms with Gasteiger partial charge in [-0.2, -0.15) is 5.26 Å². The second-order valence-electron chi connectivity index (χ2n) is 5.58. The van der Waals surface area contributed by atoms with Gasteiger partial charge in [0.1, 0.15) is 0 Å². The molecule has 0 saturated carbocycles. The molecule has 2 rings (SSSR count). The SMILES string of the molecule is CC[C@@H](N[C@@H](C)C(=O)Nc1ccc(C#N)cc1)c1ccc(Br)cc1. The summed E-state index contributed by atoms with van der Waals surface area (Å²) in [7, 11) is 0. The highest BCUT2D eigenvalue weighted by Gasteiger charge is 2.18. The van der Waals surface area contributed by atoms with Crippen LogP contribution in [-0.4, -0.2) is 11.9 Å². The van der Waals surface area contributed by atoms with Gasteiger partial charge in [-0.3, -0.25) is 10.1 Å². The highest BCUT2D eigenvalue weighted by atomic mass is 79.9. The average Bonchev–Trinajstić information content (AvgIpc) is 2.61. The van der Waals surface area contributed by atoms with Gasteiger partial charge in [0.25, 0.3) is 0 Å². The van der Waals surface area contributed by atoms with Gasteiger partial charge in [0.15, 0.2) is 0 Å². The van der Waals surface area contributed by atoms with E-state index in [1.165, 1.54) is 0 Å². The molecular formula is C19H20BrN3O. The van der Waals surface area contributed by atoms with Crippen molar-refractivity contribution in [2.45, 2.75) is 32.4 Å². The molecule has 0 bridgehead atoms. The van der Waals surface area contributed by atoms with Crippen molar-refractivity contribution in [1.29, 1.82) is 5.26 Å². The van der Waals surface area contributed by atoms with Crippen LogP contribution in [0, 0.1) is 11.3 Å². The average molecular weight is 386 g/mol. The van der Waals surface area contributed by atoms with E-state index in [1.54, 1.807) is 24.3 Å². The van der Waals surface area contributed by atoms with Crippen LogP contribution in [-0.2, 0) is 4.79 Å². The molecule has 0 aromatic heterocycles. The first-order valence-electron chi connectivity index (χ1n) is 7.86. The minimum atomic E-state index is -0.339. The number of hydrogen-bond donors (Lipinski definition) is 2. The first-order valence-corrected chi connectivity index (χ1v) is 8.65. The maximum absolute atomic E-state index is 12.4. The van der Waals surface area contributed by atoms with Crippen LogP contribution < -0.4 is 10.6 Å². The lowest BCUT2D eigenvalue weighted by Gasteiger charge is -2.22. The maximum atomic E-state index is 12.4. The summed E-state index contributed by atoms with van der Waals surface area (Å²) >= 11 is 3.43. The number of hydrogen-bond acceptors (Lipinski definition) is 3. The molecule has 0 unspecified atom stereocenters. The summed E-state index contributed by atoms with van der Waals surface area (Å²) < 4.78 is 1.03. The quantitative estimate of drug-likeness (QED) is 0.774. The zero-order valence-corrected chi connectivity index (χ0v) is 15.3. The number of carbonyl (C=O) groups is 1. The van der Waals surface area contributed by atoms with E-state index in [4.69, 9.17) is 5.26 Å². The zero-order valence-electron chi connectivity index (χ0n) is 13.7. The Bertz CT molecular complexity index is 720. The number of anilines is 1. The van der Waals surface area contributed by atoms with Gasteiger partial charge in [-0.25, -0.2) is 0 Å². The molecule has 0 aliphatic rings. The molecule has 124 valence electrons. The largest absolute Gasteiger partial charge is 0.325 e. The van der Waals surface area contributed by atoms with E-state index in [-0.39, 0.29) is 18.0 Å². The van der Waals surface area contributed by atoms with Crippen molar-refractivity contribution in [2.75, 3.05) is 5.32 Å². The fraction of sp³-hybridized carbons (Fsp3) is 0.263. The molecule has 2 aromatic carbocycles. The van der Waals surface area contributed by atoms with E-state index in [0.29, 0.717) is 11.3 Å². The van der Waals surface area contributed by atoms with Gasteiger partial charge in [-0.15, -0.1) is 0 Å². The van der Waals surface area contributed by atoms with Crippen LogP contribution in [0.5, 0.6) is 0 Å². The molecule has 1 amide bonds. The van der Waals surface area contributed by atoms with Crippen molar-refractivity contribution < 1.29 is 4.79 Å².